The van der Waals surface area contributed by atoms with E-state index in [0.717, 1.165) is 10.8 Å². The molecule has 0 aromatic heterocycles. The Morgan fingerprint density at radius 3 is 2.32 bits per heavy atom. The van der Waals surface area contributed by atoms with Gasteiger partial charge >= 0.3 is 5.97 Å². The van der Waals surface area contributed by atoms with Gasteiger partial charge in [0.2, 0.25) is 0 Å². The van der Waals surface area contributed by atoms with Crippen LogP contribution in [0.15, 0.2) is 65.7 Å². The van der Waals surface area contributed by atoms with Crippen LogP contribution in [0.1, 0.15) is 15.9 Å². The van der Waals surface area contributed by atoms with E-state index in [9.17, 15) is 4.79 Å². The summed E-state index contributed by atoms with van der Waals surface area (Å²) >= 11 is 0. The van der Waals surface area contributed by atoms with E-state index >= 15 is 0 Å². The molecule has 6 heteroatoms. The number of rotatable bonds is 3. The molecule has 0 aliphatic carbocycles. The first kappa shape index (κ1) is 16.0. The van der Waals surface area contributed by atoms with Crippen LogP contribution in [0.25, 0.3) is 10.8 Å². The Labute approximate surface area is 144 Å². The lowest BCUT2D eigenvalue weighted by molar-refractivity contribution is 0.0735. The van der Waals surface area contributed by atoms with Crippen LogP contribution in [0.2, 0.25) is 0 Å². The third-order valence-electron chi connectivity index (χ3n) is 3.51. The van der Waals surface area contributed by atoms with Gasteiger partial charge in [0.15, 0.2) is 5.96 Å². The number of nitriles is 1. The Hall–Kier alpha value is -3.85. The van der Waals surface area contributed by atoms with E-state index in [1.165, 1.54) is 0 Å². The maximum Gasteiger partial charge on any atom is 0.343 e. The van der Waals surface area contributed by atoms with Gasteiger partial charge in [-0.1, -0.05) is 12.1 Å². The molecule has 3 aromatic carbocycles. The molecule has 122 valence electrons. The summed E-state index contributed by atoms with van der Waals surface area (Å²) in [4.78, 5) is 16.1. The Morgan fingerprint density at radius 1 is 0.960 bits per heavy atom. The van der Waals surface area contributed by atoms with Crippen molar-refractivity contribution in [1.82, 2.24) is 0 Å². The molecule has 0 radical (unpaired) electrons. The summed E-state index contributed by atoms with van der Waals surface area (Å²) < 4.78 is 5.40. The third kappa shape index (κ3) is 3.74. The minimum absolute atomic E-state index is 0.0500. The average molecular weight is 330 g/mol. The van der Waals surface area contributed by atoms with Gasteiger partial charge in [-0.25, -0.2) is 9.79 Å². The van der Waals surface area contributed by atoms with Crippen molar-refractivity contribution < 1.29 is 9.53 Å². The van der Waals surface area contributed by atoms with Crippen molar-refractivity contribution in [3.63, 3.8) is 0 Å². The topological polar surface area (TPSA) is 114 Å². The van der Waals surface area contributed by atoms with Gasteiger partial charge in [-0.05, 0) is 59.3 Å². The van der Waals surface area contributed by atoms with Crippen LogP contribution in [0.4, 0.5) is 5.69 Å². The standard InChI is InChI=1S/C19H14N4O2/c20-11-12-1-2-15-10-17(8-5-14(15)9-12)25-18(24)13-3-6-16(7-4-13)23-19(21)22/h1-10H,(H4,21,22,23). The molecule has 0 aliphatic rings. The van der Waals surface area contributed by atoms with Crippen molar-refractivity contribution in [2.75, 3.05) is 0 Å². The van der Waals surface area contributed by atoms with Crippen LogP contribution < -0.4 is 16.2 Å². The molecule has 4 N–H and O–H groups in total. The highest BCUT2D eigenvalue weighted by molar-refractivity contribution is 5.92. The summed E-state index contributed by atoms with van der Waals surface area (Å²) in [5.74, 6) is -0.106. The predicted molar refractivity (Wildman–Crippen MR) is 95.5 cm³/mol. The molecule has 0 amide bonds. The highest BCUT2D eigenvalue weighted by Gasteiger charge is 2.09. The fraction of sp³-hybridized carbons (Fsp3) is 0. The summed E-state index contributed by atoms with van der Waals surface area (Å²) in [5, 5.41) is 10.7. The molecule has 0 atom stereocenters. The highest BCUT2D eigenvalue weighted by Crippen LogP contribution is 2.23. The maximum absolute atomic E-state index is 12.2. The number of nitrogens with zero attached hydrogens (tertiary/aromatic N) is 2. The maximum atomic E-state index is 12.2. The summed E-state index contributed by atoms with van der Waals surface area (Å²) in [7, 11) is 0. The minimum atomic E-state index is -0.482. The molecule has 0 heterocycles. The number of ether oxygens (including phenoxy) is 1. The molecule has 6 nitrogen and oxygen atoms in total. The zero-order chi connectivity index (χ0) is 17.8. The lowest BCUT2D eigenvalue weighted by Gasteiger charge is -2.06. The first-order chi connectivity index (χ1) is 12.0. The van der Waals surface area contributed by atoms with E-state index in [4.69, 9.17) is 21.5 Å². The second kappa shape index (κ2) is 6.72. The zero-order valence-electron chi connectivity index (χ0n) is 13.1. The highest BCUT2D eigenvalue weighted by atomic mass is 16.5. The van der Waals surface area contributed by atoms with E-state index in [1.54, 1.807) is 54.6 Å². The molecular formula is C19H14N4O2. The number of carbonyl (C=O) groups is 1. The fourth-order valence-corrected chi connectivity index (χ4v) is 2.34. The van der Waals surface area contributed by atoms with E-state index < -0.39 is 5.97 Å². The molecule has 0 bridgehead atoms. The first-order valence-corrected chi connectivity index (χ1v) is 7.41. The SMILES string of the molecule is N#Cc1ccc2cc(OC(=O)c3ccc(N=C(N)N)cc3)ccc2c1. The van der Waals surface area contributed by atoms with Crippen LogP contribution in [0.3, 0.4) is 0 Å². The zero-order valence-corrected chi connectivity index (χ0v) is 13.1. The largest absolute Gasteiger partial charge is 0.423 e. The van der Waals surface area contributed by atoms with E-state index in [2.05, 4.69) is 11.1 Å². The number of benzene rings is 3. The van der Waals surface area contributed by atoms with Crippen LogP contribution >= 0.6 is 0 Å². The smallest absolute Gasteiger partial charge is 0.343 e. The molecule has 0 aliphatic heterocycles. The lowest BCUT2D eigenvalue weighted by atomic mass is 10.1. The van der Waals surface area contributed by atoms with Gasteiger partial charge in [-0.2, -0.15) is 5.26 Å². The van der Waals surface area contributed by atoms with Gasteiger partial charge in [0, 0.05) is 0 Å². The predicted octanol–water partition coefficient (Wildman–Crippen LogP) is 2.84. The van der Waals surface area contributed by atoms with Crippen LogP contribution in [0, 0.1) is 11.3 Å². The molecule has 0 spiro atoms. The summed E-state index contributed by atoms with van der Waals surface area (Å²) in [5.41, 5.74) is 12.1. The normalized spacial score (nSPS) is 10.0. The Bertz CT molecular complexity index is 1010. The summed E-state index contributed by atoms with van der Waals surface area (Å²) in [6, 6.07) is 19.1. The molecule has 3 aromatic rings. The van der Waals surface area contributed by atoms with E-state index in [0.29, 0.717) is 22.6 Å². The molecule has 0 saturated heterocycles. The number of esters is 1. The molecule has 25 heavy (non-hydrogen) atoms. The summed E-state index contributed by atoms with van der Waals surface area (Å²) in [6.45, 7) is 0. The monoisotopic (exact) mass is 330 g/mol. The summed E-state index contributed by atoms with van der Waals surface area (Å²) in [6.07, 6.45) is 0. The number of hydrogen-bond acceptors (Lipinski definition) is 4. The fourth-order valence-electron chi connectivity index (χ4n) is 2.34. The van der Waals surface area contributed by atoms with Crippen molar-refractivity contribution in [3.8, 4) is 11.8 Å². The number of aliphatic imine (C=N–C) groups is 1. The molecule has 0 saturated carbocycles. The van der Waals surface area contributed by atoms with Crippen molar-refractivity contribution in [2.24, 2.45) is 16.5 Å². The quantitative estimate of drug-likeness (QED) is 0.332. The Kier molecular flexibility index (Phi) is 4.31. The Morgan fingerprint density at radius 2 is 1.64 bits per heavy atom. The molecular weight excluding hydrogens is 316 g/mol. The van der Waals surface area contributed by atoms with Gasteiger partial charge in [0.05, 0.1) is 22.9 Å². The number of guanidine groups is 1. The van der Waals surface area contributed by atoms with Gasteiger partial charge in [-0.3, -0.25) is 0 Å². The Balaban J connectivity index is 1.79. The first-order valence-electron chi connectivity index (χ1n) is 7.41. The molecule has 3 rings (SSSR count). The van der Waals surface area contributed by atoms with E-state index in [1.807, 2.05) is 6.07 Å². The van der Waals surface area contributed by atoms with Gasteiger partial charge < -0.3 is 16.2 Å². The van der Waals surface area contributed by atoms with Gasteiger partial charge in [0.1, 0.15) is 5.75 Å². The lowest BCUT2D eigenvalue weighted by Crippen LogP contribution is -2.21. The van der Waals surface area contributed by atoms with Gasteiger partial charge in [-0.15, -0.1) is 0 Å². The van der Waals surface area contributed by atoms with Crippen molar-refractivity contribution in [1.29, 1.82) is 5.26 Å². The molecule has 0 fully saturated rings. The number of nitrogens with two attached hydrogens (primary N) is 2. The number of fused-ring (bicyclic) bond motifs is 1. The van der Waals surface area contributed by atoms with Crippen molar-refractivity contribution >= 4 is 28.4 Å². The number of carbonyl (C=O) groups excluding carboxylic acids is 1. The second-order valence-corrected chi connectivity index (χ2v) is 5.31. The van der Waals surface area contributed by atoms with Crippen molar-refractivity contribution in [2.45, 2.75) is 0 Å². The van der Waals surface area contributed by atoms with Gasteiger partial charge in [0.25, 0.3) is 0 Å². The molecule has 0 unspecified atom stereocenters. The minimum Gasteiger partial charge on any atom is -0.423 e. The van der Waals surface area contributed by atoms with E-state index in [-0.39, 0.29) is 5.96 Å². The second-order valence-electron chi connectivity index (χ2n) is 5.31. The van der Waals surface area contributed by atoms with Crippen LogP contribution in [0.5, 0.6) is 5.75 Å². The van der Waals surface area contributed by atoms with Crippen LogP contribution in [-0.4, -0.2) is 11.9 Å². The number of hydrogen-bond donors (Lipinski definition) is 2. The van der Waals surface area contributed by atoms with Crippen LogP contribution in [-0.2, 0) is 0 Å². The third-order valence-corrected chi connectivity index (χ3v) is 3.51. The average Bonchev–Trinajstić information content (AvgIpc) is 2.61. The van der Waals surface area contributed by atoms with Crippen molar-refractivity contribution in [3.05, 3.63) is 71.8 Å².